The van der Waals surface area contributed by atoms with Gasteiger partial charge >= 0.3 is 0 Å². The fourth-order valence-electron chi connectivity index (χ4n) is 2.17. The maximum atomic E-state index is 10.8. The van der Waals surface area contributed by atoms with Crippen LogP contribution in [-0.2, 0) is 6.54 Å². The highest BCUT2D eigenvalue weighted by Crippen LogP contribution is 2.12. The molecule has 6 heteroatoms. The standard InChI is InChI=1S/C16H26N4O2/c1-4-5-6-8-13(2)19-16(17-3)18-12-14-9-7-10-15(11-14)20(21)22/h7,9-11,13H,4-6,8,12H2,1-3H3,(H2,17,18,19). The van der Waals surface area contributed by atoms with Crippen LogP contribution in [0.5, 0.6) is 0 Å². The Morgan fingerprint density at radius 1 is 1.41 bits per heavy atom. The molecule has 0 bridgehead atoms. The summed E-state index contributed by atoms with van der Waals surface area (Å²) in [6.07, 6.45) is 4.76. The van der Waals surface area contributed by atoms with Crippen molar-refractivity contribution < 1.29 is 4.92 Å². The minimum Gasteiger partial charge on any atom is -0.354 e. The molecule has 0 aliphatic rings. The van der Waals surface area contributed by atoms with Gasteiger partial charge in [0, 0.05) is 31.8 Å². The summed E-state index contributed by atoms with van der Waals surface area (Å²) in [5.74, 6) is 0.718. The van der Waals surface area contributed by atoms with Gasteiger partial charge in [0.15, 0.2) is 5.96 Å². The summed E-state index contributed by atoms with van der Waals surface area (Å²) in [5, 5.41) is 17.3. The number of unbranched alkanes of at least 4 members (excludes halogenated alkanes) is 2. The minimum absolute atomic E-state index is 0.107. The van der Waals surface area contributed by atoms with Crippen LogP contribution >= 0.6 is 0 Å². The van der Waals surface area contributed by atoms with E-state index in [1.807, 2.05) is 6.07 Å². The minimum atomic E-state index is -0.383. The Morgan fingerprint density at radius 3 is 2.82 bits per heavy atom. The van der Waals surface area contributed by atoms with E-state index >= 15 is 0 Å². The second-order valence-electron chi connectivity index (χ2n) is 5.39. The van der Waals surface area contributed by atoms with Gasteiger partial charge in [0.2, 0.25) is 0 Å². The van der Waals surface area contributed by atoms with Crippen molar-refractivity contribution in [2.75, 3.05) is 7.05 Å². The van der Waals surface area contributed by atoms with Crippen LogP contribution in [0.2, 0.25) is 0 Å². The predicted molar refractivity (Wildman–Crippen MR) is 90.0 cm³/mol. The number of nitro benzene ring substituents is 1. The molecule has 0 aliphatic carbocycles. The molecule has 0 fully saturated rings. The first-order chi connectivity index (χ1) is 10.6. The molecule has 0 aromatic heterocycles. The zero-order chi connectivity index (χ0) is 16.4. The molecular weight excluding hydrogens is 280 g/mol. The van der Waals surface area contributed by atoms with Crippen molar-refractivity contribution in [3.63, 3.8) is 0 Å². The van der Waals surface area contributed by atoms with Crippen molar-refractivity contribution >= 4 is 11.6 Å². The predicted octanol–water partition coefficient (Wildman–Crippen LogP) is 3.23. The Kier molecular flexibility index (Phi) is 7.96. The molecule has 0 radical (unpaired) electrons. The molecular formula is C16H26N4O2. The molecule has 122 valence electrons. The highest BCUT2D eigenvalue weighted by molar-refractivity contribution is 5.79. The zero-order valence-corrected chi connectivity index (χ0v) is 13.6. The molecule has 0 spiro atoms. The average Bonchev–Trinajstić information content (AvgIpc) is 2.52. The van der Waals surface area contributed by atoms with Gasteiger partial charge < -0.3 is 10.6 Å². The average molecular weight is 306 g/mol. The maximum Gasteiger partial charge on any atom is 0.269 e. The van der Waals surface area contributed by atoms with Gasteiger partial charge in [0.25, 0.3) is 5.69 Å². The van der Waals surface area contributed by atoms with Crippen molar-refractivity contribution in [1.82, 2.24) is 10.6 Å². The third-order valence-electron chi connectivity index (χ3n) is 3.43. The summed E-state index contributed by atoms with van der Waals surface area (Å²) in [6, 6.07) is 6.97. The molecule has 1 aromatic carbocycles. The number of nitrogens with one attached hydrogen (secondary N) is 2. The molecule has 6 nitrogen and oxygen atoms in total. The lowest BCUT2D eigenvalue weighted by Gasteiger charge is -2.17. The number of non-ortho nitro benzene ring substituents is 1. The summed E-state index contributed by atoms with van der Waals surface area (Å²) < 4.78 is 0. The number of nitro groups is 1. The lowest BCUT2D eigenvalue weighted by atomic mass is 10.1. The Balaban J connectivity index is 2.47. The number of aliphatic imine (C=N–C) groups is 1. The van der Waals surface area contributed by atoms with Crippen LogP contribution in [0.3, 0.4) is 0 Å². The quantitative estimate of drug-likeness (QED) is 0.254. The second kappa shape index (κ2) is 9.76. The Hall–Kier alpha value is -2.11. The highest BCUT2D eigenvalue weighted by Gasteiger charge is 2.07. The summed E-state index contributed by atoms with van der Waals surface area (Å²) >= 11 is 0. The van der Waals surface area contributed by atoms with Gasteiger partial charge in [0.05, 0.1) is 4.92 Å². The first-order valence-electron chi connectivity index (χ1n) is 7.77. The van der Waals surface area contributed by atoms with Crippen molar-refractivity contribution in [2.24, 2.45) is 4.99 Å². The van der Waals surface area contributed by atoms with Crippen molar-refractivity contribution in [2.45, 2.75) is 52.1 Å². The molecule has 0 saturated heterocycles. The maximum absolute atomic E-state index is 10.8. The SMILES string of the molecule is CCCCCC(C)NC(=NC)NCc1cccc([N+](=O)[O-])c1. The van der Waals surface area contributed by atoms with Crippen LogP contribution < -0.4 is 10.6 Å². The lowest BCUT2D eigenvalue weighted by molar-refractivity contribution is -0.384. The summed E-state index contributed by atoms with van der Waals surface area (Å²) in [6.45, 7) is 4.83. The van der Waals surface area contributed by atoms with Gasteiger partial charge in [-0.1, -0.05) is 38.3 Å². The van der Waals surface area contributed by atoms with Gasteiger partial charge in [-0.15, -0.1) is 0 Å². The number of rotatable bonds is 8. The molecule has 22 heavy (non-hydrogen) atoms. The van der Waals surface area contributed by atoms with Gasteiger partial charge in [-0.05, 0) is 18.9 Å². The first-order valence-corrected chi connectivity index (χ1v) is 7.77. The molecule has 0 amide bonds. The topological polar surface area (TPSA) is 79.6 Å². The molecule has 1 aromatic rings. The van der Waals surface area contributed by atoms with Crippen molar-refractivity contribution in [3.05, 3.63) is 39.9 Å². The summed E-state index contributed by atoms with van der Waals surface area (Å²) in [7, 11) is 1.72. The van der Waals surface area contributed by atoms with E-state index in [-0.39, 0.29) is 10.6 Å². The Morgan fingerprint density at radius 2 is 2.18 bits per heavy atom. The van der Waals surface area contributed by atoms with Crippen molar-refractivity contribution in [1.29, 1.82) is 0 Å². The molecule has 0 heterocycles. The fourth-order valence-corrected chi connectivity index (χ4v) is 2.17. The fraction of sp³-hybridized carbons (Fsp3) is 0.562. The number of hydrogen-bond acceptors (Lipinski definition) is 3. The Bertz CT molecular complexity index is 503. The smallest absolute Gasteiger partial charge is 0.269 e. The third-order valence-corrected chi connectivity index (χ3v) is 3.43. The van der Waals surface area contributed by atoms with E-state index in [0.717, 1.165) is 17.9 Å². The number of hydrogen-bond donors (Lipinski definition) is 2. The van der Waals surface area contributed by atoms with Crippen molar-refractivity contribution in [3.8, 4) is 0 Å². The summed E-state index contributed by atoms with van der Waals surface area (Å²) in [4.78, 5) is 14.6. The second-order valence-corrected chi connectivity index (χ2v) is 5.39. The van der Waals surface area contributed by atoms with Gasteiger partial charge in [-0.2, -0.15) is 0 Å². The monoisotopic (exact) mass is 306 g/mol. The van der Waals surface area contributed by atoms with E-state index in [1.165, 1.54) is 25.3 Å². The lowest BCUT2D eigenvalue weighted by Crippen LogP contribution is -2.41. The molecule has 1 atom stereocenters. The Labute approximate surface area is 132 Å². The van der Waals surface area contributed by atoms with Crippen LogP contribution in [-0.4, -0.2) is 24.0 Å². The molecule has 1 rings (SSSR count). The van der Waals surface area contributed by atoms with E-state index < -0.39 is 0 Å². The largest absolute Gasteiger partial charge is 0.354 e. The molecule has 0 saturated carbocycles. The van der Waals surface area contributed by atoms with Crippen LogP contribution in [0.15, 0.2) is 29.3 Å². The normalized spacial score (nSPS) is 12.8. The molecule has 1 unspecified atom stereocenters. The van der Waals surface area contributed by atoms with Crippen LogP contribution in [0.1, 0.15) is 45.1 Å². The van der Waals surface area contributed by atoms with E-state index in [2.05, 4.69) is 29.5 Å². The van der Waals surface area contributed by atoms with Crippen LogP contribution in [0.25, 0.3) is 0 Å². The third kappa shape index (κ3) is 6.56. The van der Waals surface area contributed by atoms with E-state index in [1.54, 1.807) is 19.2 Å². The highest BCUT2D eigenvalue weighted by atomic mass is 16.6. The van der Waals surface area contributed by atoms with Crippen LogP contribution in [0.4, 0.5) is 5.69 Å². The van der Waals surface area contributed by atoms with Gasteiger partial charge in [-0.3, -0.25) is 15.1 Å². The van der Waals surface area contributed by atoms with Crippen LogP contribution in [0, 0.1) is 10.1 Å². The molecule has 0 aliphatic heterocycles. The number of benzene rings is 1. The number of guanidine groups is 1. The first kappa shape index (κ1) is 17.9. The number of nitrogens with zero attached hydrogens (tertiary/aromatic N) is 2. The molecule has 2 N–H and O–H groups in total. The zero-order valence-electron chi connectivity index (χ0n) is 13.6. The van der Waals surface area contributed by atoms with E-state index in [4.69, 9.17) is 0 Å². The van der Waals surface area contributed by atoms with Gasteiger partial charge in [0.1, 0.15) is 0 Å². The summed E-state index contributed by atoms with van der Waals surface area (Å²) in [5.41, 5.74) is 0.964. The van der Waals surface area contributed by atoms with Gasteiger partial charge in [-0.25, -0.2) is 0 Å². The van der Waals surface area contributed by atoms with E-state index in [9.17, 15) is 10.1 Å². The van der Waals surface area contributed by atoms with E-state index in [0.29, 0.717) is 12.6 Å².